The highest BCUT2D eigenvalue weighted by Gasteiger charge is 2.23. The predicted octanol–water partition coefficient (Wildman–Crippen LogP) is 3.88. The second-order valence-electron chi connectivity index (χ2n) is 4.61. The van der Waals surface area contributed by atoms with Gasteiger partial charge in [0.25, 0.3) is 0 Å². The van der Waals surface area contributed by atoms with Crippen molar-refractivity contribution in [1.29, 1.82) is 0 Å². The molecule has 1 heterocycles. The van der Waals surface area contributed by atoms with Gasteiger partial charge < -0.3 is 5.73 Å². The lowest BCUT2D eigenvalue weighted by atomic mass is 10.2. The molecule has 0 aliphatic heterocycles. The molecule has 0 unspecified atom stereocenters. The fourth-order valence-electron chi connectivity index (χ4n) is 1.74. The van der Waals surface area contributed by atoms with Crippen LogP contribution in [0.4, 0.5) is 5.69 Å². The Hall–Kier alpha value is -0.600. The summed E-state index contributed by atoms with van der Waals surface area (Å²) in [6.07, 6.45) is 0. The number of hydrogen-bond donors (Lipinski definition) is 1. The first-order valence-electron chi connectivity index (χ1n) is 5.96. The van der Waals surface area contributed by atoms with Gasteiger partial charge in [-0.1, -0.05) is 11.6 Å². The molecule has 1 aromatic carbocycles. The van der Waals surface area contributed by atoms with Gasteiger partial charge in [0, 0.05) is 39.0 Å². The molecule has 2 N–H and O–H groups in total. The standard InChI is InChI=1S/C13H14BrClN2O2S2/c1-8-12(15)4-11(5-13(8)16)21(18,19)17(2)6-10-3-9(14)7-20-10/h3-5,7H,6,16H2,1-2H3. The minimum atomic E-state index is -3.63. The Bertz CT molecular complexity index is 751. The van der Waals surface area contributed by atoms with E-state index in [4.69, 9.17) is 17.3 Å². The molecule has 2 aromatic rings. The monoisotopic (exact) mass is 408 g/mol. The number of nitrogen functional groups attached to an aromatic ring is 1. The summed E-state index contributed by atoms with van der Waals surface area (Å²) in [5.41, 5.74) is 6.85. The van der Waals surface area contributed by atoms with Crippen molar-refractivity contribution in [2.45, 2.75) is 18.4 Å². The fraction of sp³-hybridized carbons (Fsp3) is 0.231. The molecule has 8 heteroatoms. The van der Waals surface area contributed by atoms with Gasteiger partial charge in [0.05, 0.1) is 4.90 Å². The van der Waals surface area contributed by atoms with Gasteiger partial charge in [0.15, 0.2) is 0 Å². The van der Waals surface area contributed by atoms with Crippen LogP contribution in [0.25, 0.3) is 0 Å². The van der Waals surface area contributed by atoms with E-state index in [1.807, 2.05) is 11.4 Å². The molecule has 0 aliphatic rings. The van der Waals surface area contributed by atoms with Crippen LogP contribution in [0.1, 0.15) is 10.4 Å². The summed E-state index contributed by atoms with van der Waals surface area (Å²) in [5, 5.41) is 2.26. The van der Waals surface area contributed by atoms with E-state index in [1.165, 1.54) is 34.8 Å². The SMILES string of the molecule is Cc1c(N)cc(S(=O)(=O)N(C)Cc2cc(Br)cs2)cc1Cl. The maximum atomic E-state index is 12.6. The number of halogens is 2. The zero-order chi connectivity index (χ0) is 15.8. The van der Waals surface area contributed by atoms with Crippen LogP contribution < -0.4 is 5.73 Å². The first-order valence-corrected chi connectivity index (χ1v) is 9.45. The number of hydrogen-bond acceptors (Lipinski definition) is 4. The summed E-state index contributed by atoms with van der Waals surface area (Å²) in [4.78, 5) is 1.05. The Morgan fingerprint density at radius 3 is 2.57 bits per heavy atom. The molecule has 4 nitrogen and oxygen atoms in total. The number of benzene rings is 1. The Kier molecular flexibility index (Phi) is 4.99. The average molecular weight is 410 g/mol. The number of sulfonamides is 1. The Morgan fingerprint density at radius 1 is 1.38 bits per heavy atom. The average Bonchev–Trinajstić information content (AvgIpc) is 2.80. The molecule has 114 valence electrons. The van der Waals surface area contributed by atoms with Crippen molar-refractivity contribution in [3.63, 3.8) is 0 Å². The van der Waals surface area contributed by atoms with Crippen molar-refractivity contribution in [1.82, 2.24) is 4.31 Å². The summed E-state index contributed by atoms with van der Waals surface area (Å²) in [6, 6.07) is 4.77. The molecule has 21 heavy (non-hydrogen) atoms. The number of nitrogens with two attached hydrogens (primary N) is 1. The highest BCUT2D eigenvalue weighted by atomic mass is 79.9. The molecule has 1 aromatic heterocycles. The predicted molar refractivity (Wildman–Crippen MR) is 91.3 cm³/mol. The molecule has 0 fully saturated rings. The molecule has 0 amide bonds. The lowest BCUT2D eigenvalue weighted by Crippen LogP contribution is -2.26. The van der Waals surface area contributed by atoms with Gasteiger partial charge in [0.2, 0.25) is 10.0 Å². The van der Waals surface area contributed by atoms with E-state index in [1.54, 1.807) is 6.92 Å². The molecule has 2 rings (SSSR count). The van der Waals surface area contributed by atoms with E-state index in [2.05, 4.69) is 15.9 Å². The second-order valence-corrected chi connectivity index (χ2v) is 8.98. The molecular formula is C13H14BrClN2O2S2. The number of thiophene rings is 1. The molecular weight excluding hydrogens is 396 g/mol. The topological polar surface area (TPSA) is 63.4 Å². The van der Waals surface area contributed by atoms with E-state index >= 15 is 0 Å². The van der Waals surface area contributed by atoms with E-state index < -0.39 is 10.0 Å². The lowest BCUT2D eigenvalue weighted by Gasteiger charge is -2.17. The van der Waals surface area contributed by atoms with Gasteiger partial charge in [-0.25, -0.2) is 8.42 Å². The maximum Gasteiger partial charge on any atom is 0.243 e. The van der Waals surface area contributed by atoms with Gasteiger partial charge in [-0.2, -0.15) is 4.31 Å². The zero-order valence-electron chi connectivity index (χ0n) is 11.4. The Balaban J connectivity index is 2.33. The summed E-state index contributed by atoms with van der Waals surface area (Å²) in [7, 11) is -2.09. The van der Waals surface area contributed by atoms with Crippen LogP contribution in [0.15, 0.2) is 32.9 Å². The van der Waals surface area contributed by atoms with Crippen molar-refractivity contribution in [3.05, 3.63) is 43.5 Å². The van der Waals surface area contributed by atoms with Crippen LogP contribution in [0.5, 0.6) is 0 Å². The maximum absolute atomic E-state index is 12.6. The summed E-state index contributed by atoms with van der Waals surface area (Å²) < 4.78 is 27.4. The highest BCUT2D eigenvalue weighted by molar-refractivity contribution is 9.10. The van der Waals surface area contributed by atoms with Crippen molar-refractivity contribution in [3.8, 4) is 0 Å². The van der Waals surface area contributed by atoms with Gasteiger partial charge in [0.1, 0.15) is 0 Å². The molecule has 0 bridgehead atoms. The molecule has 0 saturated carbocycles. The van der Waals surface area contributed by atoms with Crippen LogP contribution in [-0.4, -0.2) is 19.8 Å². The Morgan fingerprint density at radius 2 is 2.05 bits per heavy atom. The summed E-state index contributed by atoms with van der Waals surface area (Å²) in [6.45, 7) is 2.05. The summed E-state index contributed by atoms with van der Waals surface area (Å²) >= 11 is 10.9. The number of rotatable bonds is 4. The van der Waals surface area contributed by atoms with Crippen molar-refractivity contribution in [2.24, 2.45) is 0 Å². The second kappa shape index (κ2) is 6.26. The van der Waals surface area contributed by atoms with Crippen LogP contribution in [0, 0.1) is 6.92 Å². The third-order valence-electron chi connectivity index (χ3n) is 3.07. The minimum absolute atomic E-state index is 0.105. The van der Waals surface area contributed by atoms with Crippen molar-refractivity contribution in [2.75, 3.05) is 12.8 Å². The fourth-order valence-corrected chi connectivity index (χ4v) is 4.83. The Labute approximate surface area is 141 Å². The van der Waals surface area contributed by atoms with Crippen LogP contribution in [0.3, 0.4) is 0 Å². The van der Waals surface area contributed by atoms with E-state index in [9.17, 15) is 8.42 Å². The van der Waals surface area contributed by atoms with Gasteiger partial charge in [-0.3, -0.25) is 0 Å². The smallest absolute Gasteiger partial charge is 0.243 e. The molecule has 0 aliphatic carbocycles. The van der Waals surface area contributed by atoms with Crippen LogP contribution in [0.2, 0.25) is 5.02 Å². The zero-order valence-corrected chi connectivity index (χ0v) is 15.4. The van der Waals surface area contributed by atoms with E-state index in [0.29, 0.717) is 22.8 Å². The number of anilines is 1. The van der Waals surface area contributed by atoms with Crippen LogP contribution >= 0.6 is 38.9 Å². The van der Waals surface area contributed by atoms with Crippen molar-refractivity contribution < 1.29 is 8.42 Å². The first kappa shape index (κ1) is 16.8. The van der Waals surface area contributed by atoms with Gasteiger partial charge in [-0.05, 0) is 46.6 Å². The normalized spacial score (nSPS) is 12.0. The minimum Gasteiger partial charge on any atom is -0.398 e. The highest BCUT2D eigenvalue weighted by Crippen LogP contribution is 2.28. The molecule has 0 radical (unpaired) electrons. The van der Waals surface area contributed by atoms with Gasteiger partial charge >= 0.3 is 0 Å². The lowest BCUT2D eigenvalue weighted by molar-refractivity contribution is 0.469. The van der Waals surface area contributed by atoms with E-state index in [0.717, 1.165) is 9.35 Å². The van der Waals surface area contributed by atoms with E-state index in [-0.39, 0.29) is 4.90 Å². The molecule has 0 spiro atoms. The largest absolute Gasteiger partial charge is 0.398 e. The molecule has 0 atom stereocenters. The third-order valence-corrected chi connectivity index (χ3v) is 6.92. The first-order chi connectivity index (χ1) is 9.71. The number of nitrogens with zero attached hydrogens (tertiary/aromatic N) is 1. The van der Waals surface area contributed by atoms with Crippen LogP contribution in [-0.2, 0) is 16.6 Å². The summed E-state index contributed by atoms with van der Waals surface area (Å²) in [5.74, 6) is 0. The van der Waals surface area contributed by atoms with Crippen molar-refractivity contribution >= 4 is 54.6 Å². The molecule has 0 saturated heterocycles. The van der Waals surface area contributed by atoms with Gasteiger partial charge in [-0.15, -0.1) is 11.3 Å². The third kappa shape index (κ3) is 3.60. The quantitative estimate of drug-likeness (QED) is 0.780.